The van der Waals surface area contributed by atoms with Crippen LogP contribution in [0.25, 0.3) is 0 Å². The van der Waals surface area contributed by atoms with Gasteiger partial charge < -0.3 is 0 Å². The van der Waals surface area contributed by atoms with Crippen LogP contribution in [-0.4, -0.2) is 21.2 Å². The van der Waals surface area contributed by atoms with Gasteiger partial charge in [0.05, 0.1) is 0 Å². The van der Waals surface area contributed by atoms with E-state index in [9.17, 15) is 26.3 Å². The van der Waals surface area contributed by atoms with E-state index < -0.39 is 23.7 Å². The molecule has 0 saturated carbocycles. The number of hydrogen-bond donors (Lipinski definition) is 0. The fourth-order valence-electron chi connectivity index (χ4n) is 1.08. The van der Waals surface area contributed by atoms with Gasteiger partial charge in [0.2, 0.25) is 5.95 Å². The average Bonchev–Trinajstić information content (AvgIpc) is 2.55. The number of aryl methyl sites for hydroxylation is 1. The predicted molar refractivity (Wildman–Crippen MR) is 44.8 cm³/mol. The van der Waals surface area contributed by atoms with E-state index in [1.54, 1.807) is 6.92 Å². The molecule has 0 aromatic carbocycles. The first-order chi connectivity index (χ1) is 7.71. The van der Waals surface area contributed by atoms with Gasteiger partial charge in [0.1, 0.15) is 0 Å². The van der Waals surface area contributed by atoms with Gasteiger partial charge in [0.15, 0.2) is 5.69 Å². The van der Waals surface area contributed by atoms with Crippen molar-refractivity contribution in [2.75, 3.05) is 0 Å². The second-order valence-corrected chi connectivity index (χ2v) is 3.38. The molecule has 0 radical (unpaired) electrons. The van der Waals surface area contributed by atoms with Crippen molar-refractivity contribution in [3.63, 3.8) is 0 Å². The van der Waals surface area contributed by atoms with Crippen LogP contribution in [0.5, 0.6) is 0 Å². The molecular weight excluding hydrogens is 252 g/mol. The Labute approximate surface area is 92.4 Å². The second kappa shape index (κ2) is 4.53. The largest absolute Gasteiger partial charge is 0.460 e. The standard InChI is InChI=1S/C8H9F6N3/c1-2-3-4-17-6(9)5(15-16-17)7(10,11)8(12,13)14/h2-4H2,1H3. The first kappa shape index (κ1) is 13.8. The predicted octanol–water partition coefficient (Wildman–Crippen LogP) is 2.87. The third-order valence-corrected chi connectivity index (χ3v) is 2.05. The lowest BCUT2D eigenvalue weighted by molar-refractivity contribution is -0.292. The van der Waals surface area contributed by atoms with Gasteiger partial charge in [-0.3, -0.25) is 0 Å². The van der Waals surface area contributed by atoms with Crippen LogP contribution in [0.2, 0.25) is 0 Å². The van der Waals surface area contributed by atoms with Crippen molar-refractivity contribution in [1.29, 1.82) is 0 Å². The van der Waals surface area contributed by atoms with E-state index in [-0.39, 0.29) is 6.54 Å². The molecule has 1 heterocycles. The Morgan fingerprint density at radius 3 is 2.24 bits per heavy atom. The summed E-state index contributed by atoms with van der Waals surface area (Å²) in [5.41, 5.74) is -1.99. The summed E-state index contributed by atoms with van der Waals surface area (Å²) < 4.78 is 75.1. The molecule has 0 aliphatic rings. The Morgan fingerprint density at radius 2 is 1.76 bits per heavy atom. The number of halogens is 6. The molecule has 0 bridgehead atoms. The van der Waals surface area contributed by atoms with Crippen LogP contribution in [-0.2, 0) is 12.5 Å². The highest BCUT2D eigenvalue weighted by Gasteiger charge is 2.62. The topological polar surface area (TPSA) is 30.7 Å². The van der Waals surface area contributed by atoms with E-state index in [1.165, 1.54) is 0 Å². The Bertz CT molecular complexity index is 383. The molecule has 0 unspecified atom stereocenters. The first-order valence-corrected chi connectivity index (χ1v) is 4.75. The summed E-state index contributed by atoms with van der Waals surface area (Å²) in [6.45, 7) is 1.66. The quantitative estimate of drug-likeness (QED) is 0.780. The zero-order chi connectivity index (χ0) is 13.3. The molecule has 0 amide bonds. The summed E-state index contributed by atoms with van der Waals surface area (Å²) in [6, 6.07) is 0. The lowest BCUT2D eigenvalue weighted by Gasteiger charge is -2.16. The molecule has 3 nitrogen and oxygen atoms in total. The molecule has 17 heavy (non-hydrogen) atoms. The monoisotopic (exact) mass is 261 g/mol. The third-order valence-electron chi connectivity index (χ3n) is 2.05. The second-order valence-electron chi connectivity index (χ2n) is 3.38. The number of aromatic nitrogens is 3. The Balaban J connectivity index is 3.04. The molecule has 0 aliphatic heterocycles. The normalized spacial score (nSPS) is 13.1. The smallest absolute Gasteiger partial charge is 0.219 e. The molecule has 0 saturated heterocycles. The molecule has 0 atom stereocenters. The number of alkyl halides is 5. The fourth-order valence-corrected chi connectivity index (χ4v) is 1.08. The molecular formula is C8H9F6N3. The van der Waals surface area contributed by atoms with Gasteiger partial charge in [-0.1, -0.05) is 18.6 Å². The highest BCUT2D eigenvalue weighted by Crippen LogP contribution is 2.43. The zero-order valence-electron chi connectivity index (χ0n) is 8.73. The lowest BCUT2D eigenvalue weighted by Crippen LogP contribution is -2.35. The van der Waals surface area contributed by atoms with Crippen LogP contribution in [0, 0.1) is 5.95 Å². The summed E-state index contributed by atoms with van der Waals surface area (Å²) in [6.07, 6.45) is -4.87. The van der Waals surface area contributed by atoms with Crippen LogP contribution in [0.4, 0.5) is 26.3 Å². The number of hydrogen-bond acceptors (Lipinski definition) is 2. The van der Waals surface area contributed by atoms with E-state index in [4.69, 9.17) is 0 Å². The Hall–Kier alpha value is -1.28. The maximum atomic E-state index is 13.2. The molecule has 9 heteroatoms. The van der Waals surface area contributed by atoms with Crippen LogP contribution < -0.4 is 0 Å². The Morgan fingerprint density at radius 1 is 1.18 bits per heavy atom. The molecule has 0 aliphatic carbocycles. The van der Waals surface area contributed by atoms with Crippen LogP contribution in [0.3, 0.4) is 0 Å². The van der Waals surface area contributed by atoms with Crippen molar-refractivity contribution in [3.8, 4) is 0 Å². The summed E-state index contributed by atoms with van der Waals surface area (Å²) in [5, 5.41) is 5.52. The minimum Gasteiger partial charge on any atom is -0.219 e. The Kier molecular flexibility index (Phi) is 3.68. The highest BCUT2D eigenvalue weighted by atomic mass is 19.4. The van der Waals surface area contributed by atoms with Crippen molar-refractivity contribution in [2.24, 2.45) is 0 Å². The maximum Gasteiger partial charge on any atom is 0.460 e. The van der Waals surface area contributed by atoms with Gasteiger partial charge >= 0.3 is 12.1 Å². The van der Waals surface area contributed by atoms with Crippen molar-refractivity contribution in [2.45, 2.75) is 38.4 Å². The maximum absolute atomic E-state index is 13.2. The fraction of sp³-hybridized carbons (Fsp3) is 0.750. The van der Waals surface area contributed by atoms with Crippen molar-refractivity contribution in [1.82, 2.24) is 15.0 Å². The molecule has 0 spiro atoms. The first-order valence-electron chi connectivity index (χ1n) is 4.75. The number of unbranched alkanes of at least 4 members (excludes halogenated alkanes) is 1. The van der Waals surface area contributed by atoms with E-state index in [2.05, 4.69) is 10.3 Å². The number of nitrogens with zero attached hydrogens (tertiary/aromatic N) is 3. The van der Waals surface area contributed by atoms with E-state index >= 15 is 0 Å². The summed E-state index contributed by atoms with van der Waals surface area (Å²) in [4.78, 5) is 0. The minimum atomic E-state index is -5.89. The SMILES string of the molecule is CCCCn1nnc(C(F)(F)C(F)(F)F)c1F. The summed E-state index contributed by atoms with van der Waals surface area (Å²) in [7, 11) is 0. The van der Waals surface area contributed by atoms with Gasteiger partial charge in [-0.15, -0.1) is 5.10 Å². The van der Waals surface area contributed by atoms with Crippen molar-refractivity contribution in [3.05, 3.63) is 11.6 Å². The van der Waals surface area contributed by atoms with Gasteiger partial charge in [0.25, 0.3) is 0 Å². The summed E-state index contributed by atoms with van der Waals surface area (Å²) >= 11 is 0. The average molecular weight is 261 g/mol. The van der Waals surface area contributed by atoms with Crippen LogP contribution >= 0.6 is 0 Å². The zero-order valence-corrected chi connectivity index (χ0v) is 8.73. The molecule has 98 valence electrons. The van der Waals surface area contributed by atoms with Gasteiger partial charge in [-0.25, -0.2) is 4.68 Å². The van der Waals surface area contributed by atoms with E-state index in [1.807, 2.05) is 0 Å². The van der Waals surface area contributed by atoms with Gasteiger partial charge in [-0.05, 0) is 6.42 Å². The number of rotatable bonds is 4. The molecule has 0 fully saturated rings. The molecule has 1 aromatic rings. The lowest BCUT2D eigenvalue weighted by atomic mass is 10.2. The molecule has 1 rings (SSSR count). The third kappa shape index (κ3) is 2.52. The van der Waals surface area contributed by atoms with Crippen molar-refractivity contribution >= 4 is 0 Å². The van der Waals surface area contributed by atoms with E-state index in [0.29, 0.717) is 17.5 Å². The van der Waals surface area contributed by atoms with Crippen LogP contribution in [0.1, 0.15) is 25.5 Å². The van der Waals surface area contributed by atoms with Crippen molar-refractivity contribution < 1.29 is 26.3 Å². The molecule has 1 aromatic heterocycles. The minimum absolute atomic E-state index is 0.0940. The summed E-state index contributed by atoms with van der Waals surface area (Å²) in [5.74, 6) is -7.08. The van der Waals surface area contributed by atoms with Gasteiger partial charge in [0, 0.05) is 6.54 Å². The van der Waals surface area contributed by atoms with Crippen LogP contribution in [0.15, 0.2) is 0 Å². The van der Waals surface area contributed by atoms with E-state index in [0.717, 1.165) is 0 Å². The highest BCUT2D eigenvalue weighted by molar-refractivity contribution is 5.08. The van der Waals surface area contributed by atoms with Gasteiger partial charge in [-0.2, -0.15) is 26.3 Å². The molecule has 0 N–H and O–H groups in total.